The molecule has 0 fully saturated rings. The van der Waals surface area contributed by atoms with Crippen LogP contribution in [-0.4, -0.2) is 37.3 Å². The highest BCUT2D eigenvalue weighted by Crippen LogP contribution is 2.42. The lowest BCUT2D eigenvalue weighted by atomic mass is 9.97. The molecule has 1 N–H and O–H groups in total. The first kappa shape index (κ1) is 73.4. The second kappa shape index (κ2) is 39.8. The molecule has 2 aromatic heterocycles. The zero-order chi connectivity index (χ0) is 62.1. The summed E-state index contributed by atoms with van der Waals surface area (Å²) in [6.07, 6.45) is 6.16. The molecule has 0 unspecified atom stereocenters. The molecule has 0 atom stereocenters. The normalized spacial score (nSPS) is 10.1. The van der Waals surface area contributed by atoms with Gasteiger partial charge in [0.2, 0.25) is 0 Å². The molecule has 0 bridgehead atoms. The number of hydrogen-bond donors (Lipinski definition) is 1. The number of nitrogens with zero attached hydrogens (tertiary/aromatic N) is 3. The molecule has 2 aliphatic carbocycles. The van der Waals surface area contributed by atoms with Crippen molar-refractivity contribution in [1.82, 2.24) is 14.5 Å². The minimum atomic E-state index is 0.774. The van der Waals surface area contributed by atoms with Crippen LogP contribution in [0.3, 0.4) is 0 Å². The fourth-order valence-corrected chi connectivity index (χ4v) is 10.1. The second-order valence-electron chi connectivity index (χ2n) is 18.1. The number of anilines is 1. The van der Waals surface area contributed by atoms with Crippen molar-refractivity contribution in [2.45, 2.75) is 157 Å². The fourth-order valence-electron chi connectivity index (χ4n) is 9.98. The van der Waals surface area contributed by atoms with Gasteiger partial charge < -0.3 is 19.4 Å². The number of rotatable bonds is 5. The summed E-state index contributed by atoms with van der Waals surface area (Å²) < 4.78 is 4.53. The van der Waals surface area contributed by atoms with Crippen LogP contribution < -0.4 is 10.2 Å². The summed E-state index contributed by atoms with van der Waals surface area (Å²) in [7, 11) is 12.2. The smallest absolute Gasteiger partial charge is 0.0509 e. The minimum absolute atomic E-state index is 0.774. The molecule has 82 heavy (non-hydrogen) atoms. The van der Waals surface area contributed by atoms with E-state index in [1.54, 1.807) is 0 Å². The molecule has 8 aromatic carbocycles. The fraction of sp³-hybridized carbons (Fsp3) is 0.377. The predicted octanol–water partition coefficient (Wildman–Crippen LogP) is 24.1. The van der Waals surface area contributed by atoms with Crippen LogP contribution in [0.5, 0.6) is 0 Å². The Morgan fingerprint density at radius 2 is 0.720 bits per heavy atom. The van der Waals surface area contributed by atoms with Crippen molar-refractivity contribution >= 4 is 60.9 Å². The Labute approximate surface area is 506 Å². The van der Waals surface area contributed by atoms with E-state index in [9.17, 15) is 0 Å². The summed E-state index contributed by atoms with van der Waals surface area (Å²) in [6.45, 7) is 36.4. The first-order chi connectivity index (χ1) is 40.1. The molecule has 0 saturated carbocycles. The SMILES string of the molecule is CC.CC.CC.CC.CC.CC.CC.CC.CCCCC.CN(C)c1ccc2c3cc(-c4ccc5c(c4)-c4ccccc4C5)ccc3n(C)c2c1.CNC.Cn1c2ccc(-c3ccc4c(c3)-c3ccccc3C4)cc2c2ccc(Cl)cc21. The quantitative estimate of drug-likeness (QED) is 0.186. The van der Waals surface area contributed by atoms with E-state index in [2.05, 4.69) is 207 Å². The molecule has 4 nitrogen and oxygen atoms in total. The lowest BCUT2D eigenvalue weighted by Crippen LogP contribution is -2.08. The molecular formula is C77H109ClN4. The molecule has 0 spiro atoms. The van der Waals surface area contributed by atoms with E-state index in [-0.39, 0.29) is 0 Å². The van der Waals surface area contributed by atoms with Crippen molar-refractivity contribution in [2.24, 2.45) is 14.1 Å². The van der Waals surface area contributed by atoms with Gasteiger partial charge in [-0.05, 0) is 154 Å². The lowest BCUT2D eigenvalue weighted by Gasteiger charge is -2.12. The third-order valence-corrected chi connectivity index (χ3v) is 13.7. The Bertz CT molecular complexity index is 3380. The van der Waals surface area contributed by atoms with Gasteiger partial charge in [-0.2, -0.15) is 0 Å². The van der Waals surface area contributed by atoms with Gasteiger partial charge in [-0.25, -0.2) is 0 Å². The van der Waals surface area contributed by atoms with Gasteiger partial charge in [0.1, 0.15) is 0 Å². The third-order valence-electron chi connectivity index (χ3n) is 13.4. The number of fused-ring (bicyclic) bond motifs is 12. The highest BCUT2D eigenvalue weighted by Gasteiger charge is 2.21. The number of hydrogen-bond acceptors (Lipinski definition) is 2. The maximum Gasteiger partial charge on any atom is 0.0509 e. The average molecular weight is 1130 g/mol. The molecular weight excluding hydrogens is 1020 g/mol. The van der Waals surface area contributed by atoms with Gasteiger partial charge in [-0.3, -0.25) is 0 Å². The number of benzene rings is 8. The molecule has 0 amide bonds. The number of aryl methyl sites for hydroxylation is 2. The van der Waals surface area contributed by atoms with Crippen molar-refractivity contribution in [3.63, 3.8) is 0 Å². The number of unbranched alkanes of at least 4 members (excludes halogenated alkanes) is 2. The molecule has 0 aliphatic heterocycles. The average Bonchev–Trinajstić information content (AvgIpc) is 4.44. The second-order valence-corrected chi connectivity index (χ2v) is 18.5. The van der Waals surface area contributed by atoms with E-state index < -0.39 is 0 Å². The van der Waals surface area contributed by atoms with Gasteiger partial charge >= 0.3 is 0 Å². The van der Waals surface area contributed by atoms with Crippen molar-refractivity contribution in [3.05, 3.63) is 185 Å². The first-order valence-corrected chi connectivity index (χ1v) is 31.9. The van der Waals surface area contributed by atoms with Crippen LogP contribution >= 0.6 is 11.6 Å². The molecule has 5 heteroatoms. The van der Waals surface area contributed by atoms with Gasteiger partial charge in [-0.1, -0.05) is 253 Å². The highest BCUT2D eigenvalue weighted by molar-refractivity contribution is 6.31. The van der Waals surface area contributed by atoms with Crippen LogP contribution in [0.4, 0.5) is 5.69 Å². The topological polar surface area (TPSA) is 25.1 Å². The minimum Gasteiger partial charge on any atom is -0.378 e. The van der Waals surface area contributed by atoms with Crippen LogP contribution in [-0.2, 0) is 26.9 Å². The maximum atomic E-state index is 6.23. The van der Waals surface area contributed by atoms with E-state index in [0.717, 1.165) is 17.9 Å². The van der Waals surface area contributed by atoms with E-state index in [4.69, 9.17) is 11.6 Å². The van der Waals surface area contributed by atoms with Crippen LogP contribution in [0.2, 0.25) is 5.02 Å². The van der Waals surface area contributed by atoms with Gasteiger partial charge in [-0.15, -0.1) is 0 Å². The van der Waals surface area contributed by atoms with Gasteiger partial charge in [0, 0.05) is 71.5 Å². The molecule has 2 aliphatic rings. The van der Waals surface area contributed by atoms with Crippen molar-refractivity contribution in [1.29, 1.82) is 0 Å². The molecule has 10 aromatic rings. The molecule has 0 radical (unpaired) electrons. The van der Waals surface area contributed by atoms with E-state index in [0.29, 0.717) is 0 Å². The van der Waals surface area contributed by atoms with E-state index >= 15 is 0 Å². The Morgan fingerprint density at radius 3 is 1.10 bits per heavy atom. The summed E-state index contributed by atoms with van der Waals surface area (Å²) in [4.78, 5) is 2.16. The Kier molecular flexibility index (Phi) is 35.6. The summed E-state index contributed by atoms with van der Waals surface area (Å²) in [5.74, 6) is 0. The maximum absolute atomic E-state index is 6.23. The van der Waals surface area contributed by atoms with Crippen molar-refractivity contribution in [2.75, 3.05) is 33.1 Å². The Balaban J connectivity index is 0.000000599. The Morgan fingerprint density at radius 1 is 0.378 bits per heavy atom. The van der Waals surface area contributed by atoms with E-state index in [1.807, 2.05) is 137 Å². The number of aromatic nitrogens is 2. The van der Waals surface area contributed by atoms with Gasteiger partial charge in [0.15, 0.2) is 0 Å². The molecule has 2 heterocycles. The van der Waals surface area contributed by atoms with Crippen LogP contribution in [0.15, 0.2) is 158 Å². The lowest BCUT2D eigenvalue weighted by molar-refractivity contribution is 0.772. The standard InChI is InChI=1S/C28H24N2.C26H18ClN.C5H12.C2H7N.8C2H6/c1-29(2)22-11-12-24-26-16-19(10-13-27(26)30(3)28(24)17-22)18-8-9-21-14-20-6-4-5-7-23(20)25(21)15-18;1-28-25-11-8-17(14-24(25)22-10-9-20(27)15-26(22)28)16-6-7-19-12-18-4-2-3-5-21(18)23(19)13-16;1-3-5-4-2;1-3-2;8*1-2/h4-13,15-17H,14H2,1-3H3;2-11,13-15H,12H2,1H3;3-5H2,1-2H3;3H,1-2H3;8*1-2H3. The zero-order valence-corrected chi connectivity index (χ0v) is 56.5. The predicted molar refractivity (Wildman–Crippen MR) is 379 cm³/mol. The number of nitrogens with one attached hydrogen (secondary N) is 1. The van der Waals surface area contributed by atoms with E-state index in [1.165, 1.54) is 135 Å². The van der Waals surface area contributed by atoms with Crippen molar-refractivity contribution < 1.29 is 0 Å². The summed E-state index contributed by atoms with van der Waals surface area (Å²) in [5.41, 5.74) is 22.5. The van der Waals surface area contributed by atoms with Crippen molar-refractivity contribution in [3.8, 4) is 44.5 Å². The molecule has 444 valence electrons. The molecule has 0 saturated heterocycles. The largest absolute Gasteiger partial charge is 0.378 e. The molecule has 12 rings (SSSR count). The zero-order valence-electron chi connectivity index (χ0n) is 55.8. The Hall–Kier alpha value is -6.59. The summed E-state index contributed by atoms with van der Waals surface area (Å²) in [6, 6.07) is 57.9. The van der Waals surface area contributed by atoms with Gasteiger partial charge in [0.05, 0.1) is 11.0 Å². The number of halogens is 1. The van der Waals surface area contributed by atoms with Crippen LogP contribution in [0.25, 0.3) is 88.1 Å². The van der Waals surface area contributed by atoms with Crippen LogP contribution in [0, 0.1) is 0 Å². The van der Waals surface area contributed by atoms with Crippen LogP contribution in [0.1, 0.15) is 166 Å². The highest BCUT2D eigenvalue weighted by atomic mass is 35.5. The summed E-state index contributed by atoms with van der Waals surface area (Å²) >= 11 is 6.23. The monoisotopic (exact) mass is 1120 g/mol. The third kappa shape index (κ3) is 17.7. The first-order valence-electron chi connectivity index (χ1n) is 31.5. The van der Waals surface area contributed by atoms with Gasteiger partial charge in [0.25, 0.3) is 0 Å². The summed E-state index contributed by atoms with van der Waals surface area (Å²) in [5, 5.41) is 8.67.